The van der Waals surface area contributed by atoms with Crippen molar-refractivity contribution in [1.29, 1.82) is 0 Å². The van der Waals surface area contributed by atoms with Crippen molar-refractivity contribution in [3.63, 3.8) is 0 Å². The van der Waals surface area contributed by atoms with Crippen LogP contribution in [0.3, 0.4) is 0 Å². The van der Waals surface area contributed by atoms with Gasteiger partial charge in [0.2, 0.25) is 0 Å². The highest BCUT2D eigenvalue weighted by Crippen LogP contribution is 2.29. The van der Waals surface area contributed by atoms with Crippen molar-refractivity contribution in [3.8, 4) is 5.75 Å². The summed E-state index contributed by atoms with van der Waals surface area (Å²) >= 11 is 0. The third-order valence-corrected chi connectivity index (χ3v) is 5.29. The van der Waals surface area contributed by atoms with Crippen LogP contribution < -0.4 is 9.64 Å². The molecule has 3 rings (SSSR count). The number of likely N-dealkylation sites (tertiary alicyclic amines) is 1. The maximum absolute atomic E-state index is 9.98. The monoisotopic (exact) mass is 335 g/mol. The lowest BCUT2D eigenvalue weighted by atomic mass is 10.2. The highest BCUT2D eigenvalue weighted by atomic mass is 16.5. The quantitative estimate of drug-likeness (QED) is 0.835. The summed E-state index contributed by atoms with van der Waals surface area (Å²) in [4.78, 5) is 6.61. The number of aliphatic hydroxyl groups excluding tert-OH is 2. The molecule has 0 spiro atoms. The summed E-state index contributed by atoms with van der Waals surface area (Å²) in [7, 11) is 1.71. The van der Waals surface area contributed by atoms with Crippen LogP contribution in [0.5, 0.6) is 5.75 Å². The lowest BCUT2D eigenvalue weighted by Gasteiger charge is -2.41. The summed E-state index contributed by atoms with van der Waals surface area (Å²) in [6.45, 7) is 6.73. The van der Waals surface area contributed by atoms with Gasteiger partial charge in [-0.1, -0.05) is 12.1 Å². The maximum atomic E-state index is 9.98. The number of piperazine rings is 1. The summed E-state index contributed by atoms with van der Waals surface area (Å²) in [6.07, 6.45) is 0.319. The van der Waals surface area contributed by atoms with Crippen LogP contribution >= 0.6 is 0 Å². The van der Waals surface area contributed by atoms with Gasteiger partial charge in [0.25, 0.3) is 0 Å². The number of hydrogen-bond acceptors (Lipinski definition) is 6. The Labute approximate surface area is 144 Å². The first-order chi connectivity index (χ1) is 11.6. The van der Waals surface area contributed by atoms with Gasteiger partial charge in [0, 0.05) is 38.8 Å². The number of benzene rings is 1. The van der Waals surface area contributed by atoms with E-state index >= 15 is 0 Å². The molecule has 2 saturated heterocycles. The van der Waals surface area contributed by atoms with Crippen LogP contribution in [-0.4, -0.2) is 78.3 Å². The highest BCUT2D eigenvalue weighted by Gasteiger charge is 2.33. The molecule has 1 aromatic carbocycles. The molecule has 0 radical (unpaired) electrons. The predicted octanol–water partition coefficient (Wildman–Crippen LogP) is 0.938. The van der Waals surface area contributed by atoms with Crippen molar-refractivity contribution in [3.05, 3.63) is 24.3 Å². The molecule has 24 heavy (non-hydrogen) atoms. The van der Waals surface area contributed by atoms with Crippen molar-refractivity contribution in [2.45, 2.75) is 38.3 Å². The molecule has 0 amide bonds. The third-order valence-electron chi connectivity index (χ3n) is 5.29. The van der Waals surface area contributed by atoms with Gasteiger partial charge in [-0.2, -0.15) is 0 Å². The van der Waals surface area contributed by atoms with Crippen molar-refractivity contribution < 1.29 is 14.9 Å². The second kappa shape index (κ2) is 7.70. The van der Waals surface area contributed by atoms with E-state index in [1.807, 2.05) is 23.1 Å². The second-order valence-corrected chi connectivity index (χ2v) is 6.78. The van der Waals surface area contributed by atoms with E-state index < -0.39 is 12.5 Å². The lowest BCUT2D eigenvalue weighted by Crippen LogP contribution is -2.53. The number of aliphatic hydroxyl groups is 2. The minimum absolute atomic E-state index is 0.312. The van der Waals surface area contributed by atoms with Gasteiger partial charge in [-0.05, 0) is 31.9 Å². The van der Waals surface area contributed by atoms with Crippen LogP contribution in [-0.2, 0) is 0 Å². The molecule has 0 bridgehead atoms. The average Bonchev–Trinajstić information content (AvgIpc) is 2.93. The van der Waals surface area contributed by atoms with Crippen LogP contribution in [0.25, 0.3) is 0 Å². The molecule has 134 valence electrons. The fourth-order valence-electron chi connectivity index (χ4n) is 3.79. The van der Waals surface area contributed by atoms with Crippen molar-refractivity contribution in [1.82, 2.24) is 9.80 Å². The van der Waals surface area contributed by atoms with Crippen LogP contribution in [0, 0.1) is 0 Å². The number of para-hydroxylation sites is 2. The topological polar surface area (TPSA) is 59.4 Å². The molecule has 0 saturated carbocycles. The molecule has 2 aliphatic heterocycles. The Hall–Kier alpha value is -1.34. The molecular weight excluding hydrogens is 306 g/mol. The molecule has 0 aromatic heterocycles. The molecule has 2 fully saturated rings. The fraction of sp³-hybridized carbons (Fsp3) is 0.667. The number of hydrogen-bond donors (Lipinski definition) is 2. The Kier molecular flexibility index (Phi) is 5.61. The maximum Gasteiger partial charge on any atom is 0.142 e. The Bertz CT molecular complexity index is 524. The highest BCUT2D eigenvalue weighted by molar-refractivity contribution is 5.58. The molecule has 3 unspecified atom stereocenters. The number of rotatable bonds is 5. The Morgan fingerprint density at radius 3 is 2.33 bits per heavy atom. The zero-order valence-electron chi connectivity index (χ0n) is 14.6. The Morgan fingerprint density at radius 1 is 1.08 bits per heavy atom. The SMILES string of the molecule is COc1ccccc1N1CCN(C(C)CN2C(O)CCC2O)CC1. The molecule has 6 nitrogen and oxygen atoms in total. The van der Waals surface area contributed by atoms with Gasteiger partial charge in [-0.25, -0.2) is 0 Å². The minimum atomic E-state index is -0.502. The average molecular weight is 335 g/mol. The van der Waals surface area contributed by atoms with Crippen LogP contribution in [0.2, 0.25) is 0 Å². The number of ether oxygens (including phenoxy) is 1. The summed E-state index contributed by atoms with van der Waals surface area (Å²) < 4.78 is 5.47. The molecular formula is C18H29N3O3. The summed E-state index contributed by atoms with van der Waals surface area (Å²) in [5.74, 6) is 0.919. The number of nitrogens with zero attached hydrogens (tertiary/aromatic N) is 3. The molecule has 0 aliphatic carbocycles. The zero-order valence-corrected chi connectivity index (χ0v) is 14.6. The zero-order chi connectivity index (χ0) is 17.1. The van der Waals surface area contributed by atoms with Crippen molar-refractivity contribution in [2.24, 2.45) is 0 Å². The molecule has 1 aromatic rings. The molecule has 3 atom stereocenters. The lowest BCUT2D eigenvalue weighted by molar-refractivity contribution is -0.0648. The Morgan fingerprint density at radius 2 is 1.71 bits per heavy atom. The van der Waals surface area contributed by atoms with E-state index in [9.17, 15) is 10.2 Å². The van der Waals surface area contributed by atoms with Crippen LogP contribution in [0.15, 0.2) is 24.3 Å². The van der Waals surface area contributed by atoms with E-state index in [4.69, 9.17) is 4.74 Å². The third kappa shape index (κ3) is 3.67. The van der Waals surface area contributed by atoms with E-state index in [2.05, 4.69) is 22.8 Å². The van der Waals surface area contributed by atoms with Gasteiger partial charge in [0.15, 0.2) is 0 Å². The molecule has 6 heteroatoms. The van der Waals surface area contributed by atoms with Crippen molar-refractivity contribution in [2.75, 3.05) is 44.7 Å². The van der Waals surface area contributed by atoms with Gasteiger partial charge in [-0.15, -0.1) is 0 Å². The molecule has 2 N–H and O–H groups in total. The second-order valence-electron chi connectivity index (χ2n) is 6.78. The van der Waals surface area contributed by atoms with E-state index in [0.29, 0.717) is 25.4 Å². The van der Waals surface area contributed by atoms with Crippen LogP contribution in [0.1, 0.15) is 19.8 Å². The first-order valence-corrected chi connectivity index (χ1v) is 8.84. The summed E-state index contributed by atoms with van der Waals surface area (Å²) in [6, 6.07) is 8.46. The fourth-order valence-corrected chi connectivity index (χ4v) is 3.79. The summed E-state index contributed by atoms with van der Waals surface area (Å²) in [5.41, 5.74) is 1.15. The van der Waals surface area contributed by atoms with Gasteiger partial charge < -0.3 is 19.8 Å². The van der Waals surface area contributed by atoms with Gasteiger partial charge in [0.1, 0.15) is 18.2 Å². The smallest absolute Gasteiger partial charge is 0.142 e. The number of anilines is 1. The molecule has 2 aliphatic rings. The van der Waals surface area contributed by atoms with E-state index in [1.54, 1.807) is 7.11 Å². The van der Waals surface area contributed by atoms with E-state index in [0.717, 1.165) is 37.6 Å². The first kappa shape index (κ1) is 17.5. The van der Waals surface area contributed by atoms with E-state index in [1.165, 1.54) is 0 Å². The van der Waals surface area contributed by atoms with Gasteiger partial charge in [-0.3, -0.25) is 9.80 Å². The van der Waals surface area contributed by atoms with E-state index in [-0.39, 0.29) is 0 Å². The largest absolute Gasteiger partial charge is 0.495 e. The van der Waals surface area contributed by atoms with Gasteiger partial charge >= 0.3 is 0 Å². The minimum Gasteiger partial charge on any atom is -0.495 e. The predicted molar refractivity (Wildman–Crippen MR) is 94.2 cm³/mol. The van der Waals surface area contributed by atoms with Crippen LogP contribution in [0.4, 0.5) is 5.69 Å². The summed E-state index contributed by atoms with van der Waals surface area (Å²) in [5, 5.41) is 20.0. The number of methoxy groups -OCH3 is 1. The van der Waals surface area contributed by atoms with Gasteiger partial charge in [0.05, 0.1) is 12.8 Å². The normalized spacial score (nSPS) is 27.4. The molecule has 2 heterocycles. The standard InChI is InChI=1S/C18H29N3O3/c1-14(13-21-17(22)7-8-18(21)23)19-9-11-20(12-10-19)15-5-3-4-6-16(15)24-2/h3-6,14,17-18,22-23H,7-13H2,1-2H3. The van der Waals surface area contributed by atoms with Crippen molar-refractivity contribution >= 4 is 5.69 Å². The first-order valence-electron chi connectivity index (χ1n) is 8.84. The Balaban J connectivity index is 1.55.